The van der Waals surface area contributed by atoms with Crippen LogP contribution < -0.4 is 5.32 Å². The number of anilines is 1. The lowest BCUT2D eigenvalue weighted by atomic mass is 9.83. The molecule has 1 amide bonds. The van der Waals surface area contributed by atoms with Crippen LogP contribution >= 0.6 is 0 Å². The largest absolute Gasteiger partial charge is 0.416 e. The SMILES string of the molecule is CCC(C)(C)c1ccnc(NC(=O)c2ccc(C(F)(F)F)cc2)c1. The first-order chi connectivity index (χ1) is 11.1. The number of hydrogen-bond donors (Lipinski definition) is 1. The zero-order valence-electron chi connectivity index (χ0n) is 13.7. The van der Waals surface area contributed by atoms with Crippen molar-refractivity contribution >= 4 is 11.7 Å². The number of alkyl halides is 3. The van der Waals surface area contributed by atoms with Crippen molar-refractivity contribution in [1.29, 1.82) is 0 Å². The highest BCUT2D eigenvalue weighted by Gasteiger charge is 2.30. The molecule has 1 heterocycles. The minimum Gasteiger partial charge on any atom is -0.307 e. The Bertz CT molecular complexity index is 722. The van der Waals surface area contributed by atoms with Crippen molar-refractivity contribution in [2.75, 3.05) is 5.32 Å². The number of amides is 1. The van der Waals surface area contributed by atoms with E-state index in [9.17, 15) is 18.0 Å². The normalized spacial score (nSPS) is 12.1. The molecule has 0 fully saturated rings. The zero-order valence-corrected chi connectivity index (χ0v) is 13.7. The van der Waals surface area contributed by atoms with Crippen LogP contribution in [0.15, 0.2) is 42.6 Å². The molecule has 1 aromatic heterocycles. The number of hydrogen-bond acceptors (Lipinski definition) is 2. The van der Waals surface area contributed by atoms with Gasteiger partial charge in [-0.05, 0) is 53.8 Å². The average molecular weight is 336 g/mol. The number of nitrogens with one attached hydrogen (secondary N) is 1. The van der Waals surface area contributed by atoms with E-state index in [4.69, 9.17) is 0 Å². The molecule has 1 N–H and O–H groups in total. The number of rotatable bonds is 4. The summed E-state index contributed by atoms with van der Waals surface area (Å²) >= 11 is 0. The highest BCUT2D eigenvalue weighted by atomic mass is 19.4. The second-order valence-corrected chi connectivity index (χ2v) is 6.20. The smallest absolute Gasteiger partial charge is 0.307 e. The number of pyridine rings is 1. The van der Waals surface area contributed by atoms with Gasteiger partial charge in [0.1, 0.15) is 5.82 Å². The Hall–Kier alpha value is -2.37. The first kappa shape index (κ1) is 18.0. The monoisotopic (exact) mass is 336 g/mol. The van der Waals surface area contributed by atoms with Crippen LogP contribution in [0.25, 0.3) is 0 Å². The maximum absolute atomic E-state index is 12.5. The van der Waals surface area contributed by atoms with E-state index in [0.29, 0.717) is 5.82 Å². The Labute approximate surface area is 138 Å². The lowest BCUT2D eigenvalue weighted by Gasteiger charge is -2.23. The predicted molar refractivity (Wildman–Crippen MR) is 87.0 cm³/mol. The Kier molecular flexibility index (Phi) is 4.96. The minimum absolute atomic E-state index is 0.0588. The Morgan fingerprint density at radius 1 is 1.08 bits per heavy atom. The number of nitrogens with zero attached hydrogens (tertiary/aromatic N) is 1. The van der Waals surface area contributed by atoms with Crippen LogP contribution in [-0.2, 0) is 11.6 Å². The van der Waals surface area contributed by atoms with Gasteiger partial charge in [0, 0.05) is 11.8 Å². The molecule has 0 aliphatic carbocycles. The molecule has 3 nitrogen and oxygen atoms in total. The van der Waals surface area contributed by atoms with Crippen LogP contribution in [0.2, 0.25) is 0 Å². The first-order valence-corrected chi connectivity index (χ1v) is 7.58. The third-order valence-corrected chi connectivity index (χ3v) is 4.14. The molecule has 24 heavy (non-hydrogen) atoms. The van der Waals surface area contributed by atoms with E-state index in [1.54, 1.807) is 12.3 Å². The van der Waals surface area contributed by atoms with Crippen LogP contribution in [-0.4, -0.2) is 10.9 Å². The number of carbonyl (C=O) groups excluding carboxylic acids is 1. The van der Waals surface area contributed by atoms with Crippen LogP contribution in [0.5, 0.6) is 0 Å². The van der Waals surface area contributed by atoms with Gasteiger partial charge in [0.2, 0.25) is 0 Å². The fourth-order valence-corrected chi connectivity index (χ4v) is 2.12. The molecule has 0 saturated carbocycles. The van der Waals surface area contributed by atoms with Gasteiger partial charge < -0.3 is 5.32 Å². The molecule has 1 aromatic carbocycles. The zero-order chi connectivity index (χ0) is 18.0. The molecule has 0 bridgehead atoms. The number of halogens is 3. The van der Waals surface area contributed by atoms with Crippen LogP contribution in [0.4, 0.5) is 19.0 Å². The summed E-state index contributed by atoms with van der Waals surface area (Å²) in [5.41, 5.74) is 0.327. The molecule has 128 valence electrons. The van der Waals surface area contributed by atoms with Gasteiger partial charge in [-0.15, -0.1) is 0 Å². The molecule has 0 spiro atoms. The van der Waals surface area contributed by atoms with Gasteiger partial charge in [0.05, 0.1) is 5.56 Å². The summed E-state index contributed by atoms with van der Waals surface area (Å²) in [4.78, 5) is 16.3. The quantitative estimate of drug-likeness (QED) is 0.850. The predicted octanol–water partition coefficient (Wildman–Crippen LogP) is 5.04. The van der Waals surface area contributed by atoms with E-state index in [1.807, 2.05) is 6.07 Å². The summed E-state index contributed by atoms with van der Waals surface area (Å²) in [5, 5.41) is 2.62. The molecular weight excluding hydrogens is 317 g/mol. The topological polar surface area (TPSA) is 42.0 Å². The third-order valence-electron chi connectivity index (χ3n) is 4.14. The highest BCUT2D eigenvalue weighted by Crippen LogP contribution is 2.29. The van der Waals surface area contributed by atoms with E-state index < -0.39 is 17.6 Å². The molecule has 0 unspecified atom stereocenters. The van der Waals surface area contributed by atoms with Gasteiger partial charge in [0.15, 0.2) is 0 Å². The summed E-state index contributed by atoms with van der Waals surface area (Å²) in [5.74, 6) is -0.124. The molecule has 0 radical (unpaired) electrons. The number of aromatic nitrogens is 1. The average Bonchev–Trinajstić information content (AvgIpc) is 2.54. The van der Waals surface area contributed by atoms with Gasteiger partial charge in [-0.2, -0.15) is 13.2 Å². The van der Waals surface area contributed by atoms with E-state index in [-0.39, 0.29) is 11.0 Å². The lowest BCUT2D eigenvalue weighted by Crippen LogP contribution is -2.18. The summed E-state index contributed by atoms with van der Waals surface area (Å²) in [6.45, 7) is 6.24. The van der Waals surface area contributed by atoms with Crippen LogP contribution in [0, 0.1) is 0 Å². The summed E-state index contributed by atoms with van der Waals surface area (Å²) in [7, 11) is 0. The standard InChI is InChI=1S/C18H19F3N2O/c1-4-17(2,3)14-9-10-22-15(11-14)23-16(24)12-5-7-13(8-6-12)18(19,20)21/h5-11H,4H2,1-3H3,(H,22,23,24). The van der Waals surface area contributed by atoms with E-state index >= 15 is 0 Å². The Morgan fingerprint density at radius 3 is 2.25 bits per heavy atom. The van der Waals surface area contributed by atoms with Gasteiger partial charge in [0.25, 0.3) is 5.91 Å². The van der Waals surface area contributed by atoms with Crippen LogP contribution in [0.3, 0.4) is 0 Å². The van der Waals surface area contributed by atoms with Crippen molar-refractivity contribution in [3.05, 3.63) is 59.3 Å². The maximum atomic E-state index is 12.5. The molecule has 0 aliphatic rings. The van der Waals surface area contributed by atoms with Crippen LogP contribution in [0.1, 0.15) is 48.7 Å². The maximum Gasteiger partial charge on any atom is 0.416 e. The first-order valence-electron chi connectivity index (χ1n) is 7.58. The summed E-state index contributed by atoms with van der Waals surface area (Å²) in [6, 6.07) is 7.75. The molecule has 0 atom stereocenters. The number of carbonyl (C=O) groups is 1. The summed E-state index contributed by atoms with van der Waals surface area (Å²) in [6.07, 6.45) is -1.89. The molecular formula is C18H19F3N2O. The Morgan fingerprint density at radius 2 is 1.71 bits per heavy atom. The summed E-state index contributed by atoms with van der Waals surface area (Å²) < 4.78 is 37.6. The second kappa shape index (κ2) is 6.63. The minimum atomic E-state index is -4.42. The van der Waals surface area contributed by atoms with Crippen molar-refractivity contribution in [1.82, 2.24) is 4.98 Å². The van der Waals surface area contributed by atoms with Crippen molar-refractivity contribution in [2.24, 2.45) is 0 Å². The van der Waals surface area contributed by atoms with Gasteiger partial charge in [-0.25, -0.2) is 4.98 Å². The molecule has 0 saturated heterocycles. The highest BCUT2D eigenvalue weighted by molar-refractivity contribution is 6.03. The molecule has 6 heteroatoms. The van der Waals surface area contributed by atoms with Crippen molar-refractivity contribution in [3.63, 3.8) is 0 Å². The van der Waals surface area contributed by atoms with Crippen molar-refractivity contribution < 1.29 is 18.0 Å². The number of benzene rings is 1. The third kappa shape index (κ3) is 4.13. The van der Waals surface area contributed by atoms with Crippen molar-refractivity contribution in [3.8, 4) is 0 Å². The van der Waals surface area contributed by atoms with E-state index in [0.717, 1.165) is 36.2 Å². The van der Waals surface area contributed by atoms with E-state index in [2.05, 4.69) is 31.1 Å². The molecule has 0 aliphatic heterocycles. The fraction of sp³-hybridized carbons (Fsp3) is 0.333. The van der Waals surface area contributed by atoms with Crippen molar-refractivity contribution in [2.45, 2.75) is 38.8 Å². The Balaban J connectivity index is 2.17. The van der Waals surface area contributed by atoms with Gasteiger partial charge in [-0.1, -0.05) is 20.8 Å². The molecule has 2 aromatic rings. The van der Waals surface area contributed by atoms with Gasteiger partial charge in [-0.3, -0.25) is 4.79 Å². The van der Waals surface area contributed by atoms with E-state index in [1.165, 1.54) is 0 Å². The molecule has 2 rings (SSSR count). The second-order valence-electron chi connectivity index (χ2n) is 6.20. The fourth-order valence-electron chi connectivity index (χ4n) is 2.12. The lowest BCUT2D eigenvalue weighted by molar-refractivity contribution is -0.137. The van der Waals surface area contributed by atoms with Gasteiger partial charge >= 0.3 is 6.18 Å².